The zero-order valence-electron chi connectivity index (χ0n) is 37.0. The van der Waals surface area contributed by atoms with Crippen molar-refractivity contribution < 1.29 is 38.2 Å². The van der Waals surface area contributed by atoms with Gasteiger partial charge in [0.2, 0.25) is 0 Å². The summed E-state index contributed by atoms with van der Waals surface area (Å²) in [6.45, 7) is 4.54. The third-order valence-electron chi connectivity index (χ3n) is 9.59. The molecule has 0 bridgehead atoms. The average molecular weight is 799 g/mol. The fourth-order valence-electron chi connectivity index (χ4n) is 6.11. The monoisotopic (exact) mass is 799 g/mol. The predicted octanol–water partition coefficient (Wildman–Crippen LogP) is 12.4. The lowest BCUT2D eigenvalue weighted by molar-refractivity contribution is -0.887. The highest BCUT2D eigenvalue weighted by atomic mass is 16.6. The van der Waals surface area contributed by atoms with Crippen LogP contribution in [0.3, 0.4) is 0 Å². The molecule has 0 aliphatic heterocycles. The summed E-state index contributed by atoms with van der Waals surface area (Å²) in [6, 6.07) is -0.624. The lowest BCUT2D eigenvalue weighted by atomic mass is 10.1. The van der Waals surface area contributed by atoms with E-state index in [1.165, 1.54) is 51.4 Å². The van der Waals surface area contributed by atoms with Crippen molar-refractivity contribution in [1.82, 2.24) is 0 Å². The minimum atomic E-state index is -0.884. The number of carbonyl (C=O) groups excluding carboxylic acids is 2. The first kappa shape index (κ1) is 53.8. The van der Waals surface area contributed by atoms with Crippen LogP contribution < -0.4 is 0 Å². The fourth-order valence-corrected chi connectivity index (χ4v) is 6.11. The number of aliphatic carboxylic acids is 1. The predicted molar refractivity (Wildman–Crippen MR) is 238 cm³/mol. The normalized spacial score (nSPS) is 13.6. The molecule has 0 amide bonds. The van der Waals surface area contributed by atoms with Crippen molar-refractivity contribution in [3.8, 4) is 0 Å². The number of carbonyl (C=O) groups is 3. The first-order valence-corrected chi connectivity index (χ1v) is 22.5. The molecular weight excluding hydrogens is 715 g/mol. The number of unbranched alkanes of at least 4 members (excludes halogenated alkanes) is 13. The van der Waals surface area contributed by atoms with Crippen molar-refractivity contribution in [3.05, 3.63) is 72.9 Å². The van der Waals surface area contributed by atoms with Gasteiger partial charge < -0.3 is 23.8 Å². The van der Waals surface area contributed by atoms with Gasteiger partial charge in [-0.25, -0.2) is 4.79 Å². The molecule has 0 saturated carbocycles. The first-order valence-electron chi connectivity index (χ1n) is 22.5. The highest BCUT2D eigenvalue weighted by molar-refractivity contribution is 5.72. The van der Waals surface area contributed by atoms with E-state index in [4.69, 9.17) is 14.2 Å². The molecule has 0 radical (unpaired) electrons. The molecule has 0 aromatic carbocycles. The third-order valence-corrected chi connectivity index (χ3v) is 9.59. The van der Waals surface area contributed by atoms with E-state index in [-0.39, 0.29) is 36.2 Å². The van der Waals surface area contributed by atoms with E-state index in [1.54, 1.807) is 0 Å². The van der Waals surface area contributed by atoms with E-state index >= 15 is 0 Å². The van der Waals surface area contributed by atoms with Gasteiger partial charge in [-0.2, -0.15) is 0 Å². The average Bonchev–Trinajstić information content (AvgIpc) is 3.17. The molecule has 0 saturated heterocycles. The van der Waals surface area contributed by atoms with Gasteiger partial charge in [-0.1, -0.05) is 138 Å². The maximum absolute atomic E-state index is 12.7. The largest absolute Gasteiger partial charge is 0.477 e. The van der Waals surface area contributed by atoms with Gasteiger partial charge in [0.25, 0.3) is 0 Å². The molecule has 1 N–H and O–H groups in total. The summed E-state index contributed by atoms with van der Waals surface area (Å²) < 4.78 is 17.2. The Morgan fingerprint density at radius 2 is 0.982 bits per heavy atom. The van der Waals surface area contributed by atoms with Crippen LogP contribution in [0.2, 0.25) is 0 Å². The Balaban J connectivity index is 4.41. The number of ether oxygens (including phenoxy) is 3. The van der Waals surface area contributed by atoms with Gasteiger partial charge >= 0.3 is 17.9 Å². The zero-order valence-corrected chi connectivity index (χ0v) is 37.0. The molecular formula is C49H84NO7+. The smallest absolute Gasteiger partial charge is 0.362 e. The van der Waals surface area contributed by atoms with Crippen molar-refractivity contribution in [2.24, 2.45) is 0 Å². The van der Waals surface area contributed by atoms with Crippen LogP contribution in [0.4, 0.5) is 0 Å². The molecule has 0 heterocycles. The van der Waals surface area contributed by atoms with Gasteiger partial charge in [0.1, 0.15) is 6.61 Å². The summed E-state index contributed by atoms with van der Waals surface area (Å²) >= 11 is 0. The Hall–Kier alpha value is -3.23. The second-order valence-electron chi connectivity index (χ2n) is 15.9. The summed E-state index contributed by atoms with van der Waals surface area (Å²) in [6.07, 6.45) is 49.4. The van der Waals surface area contributed by atoms with Crippen LogP contribution in [0.15, 0.2) is 72.9 Å². The molecule has 326 valence electrons. The van der Waals surface area contributed by atoms with Gasteiger partial charge in [0.05, 0.1) is 34.4 Å². The number of esters is 2. The van der Waals surface area contributed by atoms with Crippen molar-refractivity contribution in [2.75, 3.05) is 41.0 Å². The van der Waals surface area contributed by atoms with Crippen LogP contribution >= 0.6 is 0 Å². The SMILES string of the molecule is CC/C=C/C/C=C/C/C=C/C/C=C/CCCCCC(=O)OCC(COCCC(C(=O)O)[N+](C)(C)C)OC(=O)CCCCCCCCC/C=C/C/C=C/CCCCC. The fraction of sp³-hybridized carbons (Fsp3) is 0.694. The Bertz CT molecular complexity index is 1160. The minimum absolute atomic E-state index is 0.0440. The van der Waals surface area contributed by atoms with Crippen LogP contribution in [0.1, 0.15) is 168 Å². The number of hydrogen-bond donors (Lipinski definition) is 1. The second kappa shape index (κ2) is 39.6. The number of likely N-dealkylation sites (N-methyl/N-ethyl adjacent to an activating group) is 1. The molecule has 8 heteroatoms. The van der Waals surface area contributed by atoms with Crippen molar-refractivity contribution >= 4 is 17.9 Å². The number of quaternary nitrogens is 1. The topological polar surface area (TPSA) is 99.1 Å². The van der Waals surface area contributed by atoms with Gasteiger partial charge in [-0.3, -0.25) is 9.59 Å². The summed E-state index contributed by atoms with van der Waals surface area (Å²) in [5.74, 6) is -1.53. The molecule has 0 aromatic rings. The summed E-state index contributed by atoms with van der Waals surface area (Å²) in [5.41, 5.74) is 0. The number of rotatable bonds is 39. The van der Waals surface area contributed by atoms with E-state index in [9.17, 15) is 19.5 Å². The standard InChI is InChI=1S/C49H83NO7/c1-6-8-10-12-14-16-18-20-22-24-26-28-30-32-34-36-38-40-48(52)57-45(43-55-42-41-46(49(53)54)50(3,4)5)44-56-47(51)39-37-35-33-31-29-27-25-23-21-19-17-15-13-11-9-7-2/h9,11,14-17,20-23,27,29,45-46H,6-8,10,12-13,18-19,24-26,28,30-44H2,1-5H3/p+1/b11-9+,16-14+,17-15+,22-20+,23-21+,29-27+. The molecule has 57 heavy (non-hydrogen) atoms. The van der Waals surface area contributed by atoms with E-state index in [1.807, 2.05) is 21.1 Å². The number of hydrogen-bond acceptors (Lipinski definition) is 6. The molecule has 0 rings (SSSR count). The van der Waals surface area contributed by atoms with Crippen molar-refractivity contribution in [2.45, 2.75) is 180 Å². The number of carboxylic acids is 1. The molecule has 0 aromatic heterocycles. The first-order chi connectivity index (χ1) is 27.6. The van der Waals surface area contributed by atoms with E-state index in [0.717, 1.165) is 83.5 Å². The third kappa shape index (κ3) is 38.1. The number of allylic oxidation sites excluding steroid dienone is 12. The van der Waals surface area contributed by atoms with Crippen LogP contribution in [0, 0.1) is 0 Å². The van der Waals surface area contributed by atoms with Crippen LogP contribution in [-0.2, 0) is 28.6 Å². The van der Waals surface area contributed by atoms with Gasteiger partial charge in [0.15, 0.2) is 12.1 Å². The van der Waals surface area contributed by atoms with E-state index < -0.39 is 18.1 Å². The van der Waals surface area contributed by atoms with E-state index in [0.29, 0.717) is 19.3 Å². The molecule has 0 fully saturated rings. The van der Waals surface area contributed by atoms with Crippen LogP contribution in [0.5, 0.6) is 0 Å². The van der Waals surface area contributed by atoms with Crippen molar-refractivity contribution in [1.29, 1.82) is 0 Å². The molecule has 2 atom stereocenters. The van der Waals surface area contributed by atoms with Crippen LogP contribution in [-0.4, -0.2) is 80.6 Å². The van der Waals surface area contributed by atoms with Crippen molar-refractivity contribution in [3.63, 3.8) is 0 Å². The lowest BCUT2D eigenvalue weighted by Gasteiger charge is -2.31. The van der Waals surface area contributed by atoms with E-state index in [2.05, 4.69) is 86.8 Å². The number of carboxylic acid groups (broad SMARTS) is 1. The Labute approximate surface area is 349 Å². The Morgan fingerprint density at radius 3 is 1.47 bits per heavy atom. The highest BCUT2D eigenvalue weighted by Crippen LogP contribution is 2.13. The maximum atomic E-state index is 12.7. The minimum Gasteiger partial charge on any atom is -0.477 e. The Morgan fingerprint density at radius 1 is 0.544 bits per heavy atom. The lowest BCUT2D eigenvalue weighted by Crippen LogP contribution is -2.50. The summed E-state index contributed by atoms with van der Waals surface area (Å²) in [4.78, 5) is 37.0. The van der Waals surface area contributed by atoms with Gasteiger partial charge in [0, 0.05) is 19.3 Å². The molecule has 0 spiro atoms. The maximum Gasteiger partial charge on any atom is 0.362 e. The Kier molecular flexibility index (Phi) is 37.3. The summed E-state index contributed by atoms with van der Waals surface area (Å²) in [7, 11) is 5.51. The second-order valence-corrected chi connectivity index (χ2v) is 15.9. The molecule has 2 unspecified atom stereocenters. The molecule has 0 aliphatic carbocycles. The van der Waals surface area contributed by atoms with Crippen LogP contribution in [0.25, 0.3) is 0 Å². The summed E-state index contributed by atoms with van der Waals surface area (Å²) in [5, 5.41) is 9.62. The molecule has 8 nitrogen and oxygen atoms in total. The molecule has 0 aliphatic rings. The zero-order chi connectivity index (χ0) is 42.1. The highest BCUT2D eigenvalue weighted by Gasteiger charge is 2.31. The van der Waals surface area contributed by atoms with Gasteiger partial charge in [-0.05, 0) is 83.5 Å². The quantitative estimate of drug-likeness (QED) is 0.0286. The van der Waals surface area contributed by atoms with Gasteiger partial charge in [-0.15, -0.1) is 0 Å². The number of nitrogens with zero attached hydrogens (tertiary/aromatic N) is 1.